The first-order chi connectivity index (χ1) is 7.28. The van der Waals surface area contributed by atoms with E-state index in [-0.39, 0.29) is 23.9 Å². The Hall–Kier alpha value is -1.10. The number of hydrogen-bond acceptors (Lipinski definition) is 3. The van der Waals surface area contributed by atoms with Crippen molar-refractivity contribution in [1.29, 1.82) is 0 Å². The van der Waals surface area contributed by atoms with E-state index in [1.807, 2.05) is 0 Å². The third-order valence-electron chi connectivity index (χ3n) is 2.45. The molecular weight excluding hydrogens is 208 g/mol. The number of rotatable bonds is 4. The molecular formula is C11H20N2O3. The van der Waals surface area contributed by atoms with Crippen LogP contribution < -0.4 is 5.32 Å². The third kappa shape index (κ3) is 4.18. The Balaban J connectivity index is 2.29. The molecule has 1 rings (SSSR count). The molecule has 92 valence electrons. The number of imide groups is 1. The summed E-state index contributed by atoms with van der Waals surface area (Å²) in [6.45, 7) is 6.71. The number of nitrogens with one attached hydrogen (secondary N) is 1. The highest BCUT2D eigenvalue weighted by molar-refractivity contribution is 6.01. The predicted molar refractivity (Wildman–Crippen MR) is 59.8 cm³/mol. The quantitative estimate of drug-likeness (QED) is 0.697. The Morgan fingerprint density at radius 3 is 2.50 bits per heavy atom. The summed E-state index contributed by atoms with van der Waals surface area (Å²) in [7, 11) is 0. The van der Waals surface area contributed by atoms with Gasteiger partial charge in [-0.2, -0.15) is 0 Å². The molecule has 1 fully saturated rings. The van der Waals surface area contributed by atoms with Crippen molar-refractivity contribution in [2.45, 2.75) is 39.7 Å². The van der Waals surface area contributed by atoms with Crippen LogP contribution in [-0.2, 0) is 4.79 Å². The minimum atomic E-state index is -0.427. The molecule has 3 amide bonds. The number of amides is 3. The van der Waals surface area contributed by atoms with E-state index in [0.717, 1.165) is 0 Å². The second-order valence-corrected chi connectivity index (χ2v) is 5.48. The van der Waals surface area contributed by atoms with Crippen LogP contribution in [-0.4, -0.2) is 41.1 Å². The molecule has 0 aromatic carbocycles. The fourth-order valence-electron chi connectivity index (χ4n) is 1.78. The van der Waals surface area contributed by atoms with Gasteiger partial charge >= 0.3 is 6.03 Å². The lowest BCUT2D eigenvalue weighted by Gasteiger charge is -2.23. The van der Waals surface area contributed by atoms with Gasteiger partial charge < -0.3 is 10.0 Å². The minimum Gasteiger partial charge on any atom is -0.393 e. The second-order valence-electron chi connectivity index (χ2n) is 5.48. The van der Waals surface area contributed by atoms with E-state index in [2.05, 4.69) is 26.1 Å². The first-order valence-electron chi connectivity index (χ1n) is 5.55. The van der Waals surface area contributed by atoms with Gasteiger partial charge in [0.2, 0.25) is 5.91 Å². The van der Waals surface area contributed by atoms with Gasteiger partial charge in [-0.05, 0) is 18.3 Å². The molecule has 1 unspecified atom stereocenters. The number of aliphatic hydroxyl groups excluding tert-OH is 1. The molecule has 0 aromatic rings. The highest BCUT2D eigenvalue weighted by Crippen LogP contribution is 2.22. The normalized spacial score (nSPS) is 18.9. The molecule has 1 heterocycles. The van der Waals surface area contributed by atoms with E-state index >= 15 is 0 Å². The van der Waals surface area contributed by atoms with Crippen molar-refractivity contribution in [1.82, 2.24) is 10.2 Å². The Kier molecular flexibility index (Phi) is 3.91. The number of carbonyl (C=O) groups is 2. The van der Waals surface area contributed by atoms with Crippen molar-refractivity contribution in [3.05, 3.63) is 0 Å². The fraction of sp³-hybridized carbons (Fsp3) is 0.818. The summed E-state index contributed by atoms with van der Waals surface area (Å²) in [5.41, 5.74) is 0.0719. The van der Waals surface area contributed by atoms with Gasteiger partial charge in [0, 0.05) is 6.54 Å². The Bertz CT molecular complexity index is 283. The van der Waals surface area contributed by atoms with Crippen molar-refractivity contribution in [2.24, 2.45) is 5.41 Å². The molecule has 0 aromatic heterocycles. The van der Waals surface area contributed by atoms with Gasteiger partial charge in [0.1, 0.15) is 6.54 Å². The lowest BCUT2D eigenvalue weighted by atomic mass is 9.88. The van der Waals surface area contributed by atoms with E-state index in [0.29, 0.717) is 19.4 Å². The smallest absolute Gasteiger partial charge is 0.324 e. The molecule has 5 nitrogen and oxygen atoms in total. The topological polar surface area (TPSA) is 69.6 Å². The van der Waals surface area contributed by atoms with Gasteiger partial charge in [0.05, 0.1) is 6.10 Å². The van der Waals surface area contributed by atoms with Crippen molar-refractivity contribution in [2.75, 3.05) is 13.1 Å². The summed E-state index contributed by atoms with van der Waals surface area (Å²) in [5, 5.41) is 12.0. The summed E-state index contributed by atoms with van der Waals surface area (Å²) in [4.78, 5) is 23.5. The zero-order valence-corrected chi connectivity index (χ0v) is 10.1. The molecule has 1 atom stereocenters. The Morgan fingerprint density at radius 2 is 2.06 bits per heavy atom. The largest absolute Gasteiger partial charge is 0.393 e. The summed E-state index contributed by atoms with van der Waals surface area (Å²) >= 11 is 0. The molecule has 0 radical (unpaired) electrons. The third-order valence-corrected chi connectivity index (χ3v) is 2.45. The summed E-state index contributed by atoms with van der Waals surface area (Å²) in [6.07, 6.45) is 0.775. The van der Waals surface area contributed by atoms with Gasteiger partial charge in [-0.25, -0.2) is 4.79 Å². The van der Waals surface area contributed by atoms with Crippen molar-refractivity contribution >= 4 is 11.9 Å². The molecule has 5 heteroatoms. The first kappa shape index (κ1) is 13.0. The molecule has 0 aliphatic carbocycles. The van der Waals surface area contributed by atoms with Gasteiger partial charge in [-0.15, -0.1) is 0 Å². The maximum Gasteiger partial charge on any atom is 0.324 e. The van der Waals surface area contributed by atoms with Crippen molar-refractivity contribution in [3.63, 3.8) is 0 Å². The molecule has 0 bridgehead atoms. The summed E-state index contributed by atoms with van der Waals surface area (Å²) in [6, 6.07) is -0.354. The van der Waals surface area contributed by atoms with Gasteiger partial charge in [0.15, 0.2) is 0 Å². The van der Waals surface area contributed by atoms with E-state index in [9.17, 15) is 14.7 Å². The lowest BCUT2D eigenvalue weighted by molar-refractivity contribution is -0.118. The lowest BCUT2D eigenvalue weighted by Crippen LogP contribution is -2.31. The van der Waals surface area contributed by atoms with Crippen LogP contribution in [0.4, 0.5) is 4.79 Å². The first-order valence-corrected chi connectivity index (χ1v) is 5.55. The SMILES string of the molecule is CC(C)(C)CC(O)CCN1CC(=O)NC1=O. The van der Waals surface area contributed by atoms with Crippen molar-refractivity contribution in [3.8, 4) is 0 Å². The van der Waals surface area contributed by atoms with Crippen LogP contribution in [0.2, 0.25) is 0 Å². The van der Waals surface area contributed by atoms with E-state index < -0.39 is 6.10 Å². The molecule has 1 aliphatic heterocycles. The van der Waals surface area contributed by atoms with Crippen LogP contribution in [0.5, 0.6) is 0 Å². The molecule has 1 aliphatic rings. The highest BCUT2D eigenvalue weighted by Gasteiger charge is 2.27. The number of urea groups is 1. The number of aliphatic hydroxyl groups is 1. The van der Waals surface area contributed by atoms with Crippen LogP contribution in [0.1, 0.15) is 33.6 Å². The maximum absolute atomic E-state index is 11.2. The summed E-state index contributed by atoms with van der Waals surface area (Å²) in [5.74, 6) is -0.268. The second kappa shape index (κ2) is 4.82. The van der Waals surface area contributed by atoms with Gasteiger partial charge in [-0.1, -0.05) is 20.8 Å². The molecule has 16 heavy (non-hydrogen) atoms. The number of carbonyl (C=O) groups excluding carboxylic acids is 2. The molecule has 2 N–H and O–H groups in total. The maximum atomic E-state index is 11.2. The summed E-state index contributed by atoms with van der Waals surface area (Å²) < 4.78 is 0. The van der Waals surface area contributed by atoms with Crippen LogP contribution >= 0.6 is 0 Å². The van der Waals surface area contributed by atoms with Gasteiger partial charge in [0.25, 0.3) is 0 Å². The monoisotopic (exact) mass is 228 g/mol. The standard InChI is InChI=1S/C11H20N2O3/c1-11(2,3)6-8(14)4-5-13-7-9(15)12-10(13)16/h8,14H,4-7H2,1-3H3,(H,12,15,16). The number of hydrogen-bond donors (Lipinski definition) is 2. The molecule has 0 spiro atoms. The van der Waals surface area contributed by atoms with E-state index in [1.54, 1.807) is 0 Å². The van der Waals surface area contributed by atoms with E-state index in [1.165, 1.54) is 4.90 Å². The molecule has 0 saturated carbocycles. The number of nitrogens with zero attached hydrogens (tertiary/aromatic N) is 1. The minimum absolute atomic E-state index is 0.0719. The zero-order chi connectivity index (χ0) is 12.3. The Labute approximate surface area is 95.8 Å². The Morgan fingerprint density at radius 1 is 1.44 bits per heavy atom. The molecule has 1 saturated heterocycles. The highest BCUT2D eigenvalue weighted by atomic mass is 16.3. The van der Waals surface area contributed by atoms with Crippen LogP contribution in [0.3, 0.4) is 0 Å². The predicted octanol–water partition coefficient (Wildman–Crippen LogP) is 0.725. The van der Waals surface area contributed by atoms with Crippen LogP contribution in [0, 0.1) is 5.41 Å². The average Bonchev–Trinajstić information content (AvgIpc) is 2.38. The van der Waals surface area contributed by atoms with Crippen LogP contribution in [0.15, 0.2) is 0 Å². The van der Waals surface area contributed by atoms with Gasteiger partial charge in [-0.3, -0.25) is 10.1 Å². The van der Waals surface area contributed by atoms with E-state index in [4.69, 9.17) is 0 Å². The average molecular weight is 228 g/mol. The van der Waals surface area contributed by atoms with Crippen molar-refractivity contribution < 1.29 is 14.7 Å². The van der Waals surface area contributed by atoms with Crippen LogP contribution in [0.25, 0.3) is 0 Å². The zero-order valence-electron chi connectivity index (χ0n) is 10.1. The fourth-order valence-corrected chi connectivity index (χ4v) is 1.78.